The second kappa shape index (κ2) is 5.37. The monoisotopic (exact) mass is 291 g/mol. The van der Waals surface area contributed by atoms with Crippen LogP contribution in [0.2, 0.25) is 5.22 Å². The van der Waals surface area contributed by atoms with Gasteiger partial charge in [-0.2, -0.15) is 0 Å². The highest BCUT2D eigenvalue weighted by Crippen LogP contribution is 2.34. The van der Waals surface area contributed by atoms with Crippen LogP contribution in [0.1, 0.15) is 24.3 Å². The van der Waals surface area contributed by atoms with E-state index in [4.69, 9.17) is 16.0 Å². The van der Waals surface area contributed by atoms with Crippen molar-refractivity contribution in [2.75, 3.05) is 6.54 Å². The van der Waals surface area contributed by atoms with Crippen molar-refractivity contribution in [1.82, 2.24) is 5.32 Å². The molecular weight excluding hydrogens is 278 g/mol. The minimum Gasteiger partial charge on any atom is -0.448 e. The lowest BCUT2D eigenvalue weighted by Crippen LogP contribution is -2.21. The van der Waals surface area contributed by atoms with Crippen LogP contribution in [-0.4, -0.2) is 6.54 Å². The Balaban J connectivity index is 2.09. The van der Waals surface area contributed by atoms with E-state index in [0.717, 1.165) is 12.3 Å². The third-order valence-electron chi connectivity index (χ3n) is 3.11. The van der Waals surface area contributed by atoms with E-state index in [9.17, 15) is 0 Å². The summed E-state index contributed by atoms with van der Waals surface area (Å²) in [7, 11) is 0. The van der Waals surface area contributed by atoms with E-state index in [0.29, 0.717) is 5.22 Å². The molecular formula is C15H14ClNOS. The lowest BCUT2D eigenvalue weighted by molar-refractivity contribution is 0.455. The number of halogens is 1. The smallest absolute Gasteiger partial charge is 0.193 e. The topological polar surface area (TPSA) is 25.2 Å². The van der Waals surface area contributed by atoms with Crippen molar-refractivity contribution >= 4 is 33.0 Å². The number of thiophene rings is 1. The summed E-state index contributed by atoms with van der Waals surface area (Å²) in [6.45, 7) is 2.96. The maximum absolute atomic E-state index is 5.89. The molecule has 0 spiro atoms. The molecule has 2 heterocycles. The molecule has 0 amide bonds. The van der Waals surface area contributed by atoms with Gasteiger partial charge in [-0.3, -0.25) is 0 Å². The number of fused-ring (bicyclic) bond motifs is 1. The Morgan fingerprint density at radius 3 is 2.84 bits per heavy atom. The van der Waals surface area contributed by atoms with E-state index in [1.807, 2.05) is 6.07 Å². The van der Waals surface area contributed by atoms with Gasteiger partial charge in [0.25, 0.3) is 0 Å². The molecule has 0 aliphatic rings. The van der Waals surface area contributed by atoms with Gasteiger partial charge in [-0.25, -0.2) is 0 Å². The molecule has 1 aromatic carbocycles. The lowest BCUT2D eigenvalue weighted by Gasteiger charge is -2.15. The molecule has 0 fully saturated rings. The van der Waals surface area contributed by atoms with Crippen molar-refractivity contribution in [1.29, 1.82) is 0 Å². The summed E-state index contributed by atoms with van der Waals surface area (Å²) < 4.78 is 6.87. The molecule has 0 saturated heterocycles. The van der Waals surface area contributed by atoms with E-state index in [-0.39, 0.29) is 6.04 Å². The van der Waals surface area contributed by atoms with Gasteiger partial charge in [0.05, 0.1) is 6.04 Å². The molecule has 0 saturated carbocycles. The summed E-state index contributed by atoms with van der Waals surface area (Å²) in [6, 6.07) is 12.2. The van der Waals surface area contributed by atoms with Crippen molar-refractivity contribution in [2.45, 2.75) is 13.0 Å². The van der Waals surface area contributed by atoms with Crippen molar-refractivity contribution in [3.05, 3.63) is 58.3 Å². The zero-order valence-corrected chi connectivity index (χ0v) is 12.1. The third-order valence-corrected chi connectivity index (χ3v) is 4.29. The normalized spacial score (nSPS) is 12.9. The minimum atomic E-state index is 0.0497. The van der Waals surface area contributed by atoms with Crippen LogP contribution in [0.3, 0.4) is 0 Å². The van der Waals surface area contributed by atoms with Crippen molar-refractivity contribution in [3.63, 3.8) is 0 Å². The minimum absolute atomic E-state index is 0.0497. The zero-order valence-electron chi connectivity index (χ0n) is 10.5. The van der Waals surface area contributed by atoms with Crippen LogP contribution in [0.5, 0.6) is 0 Å². The highest BCUT2D eigenvalue weighted by molar-refractivity contribution is 7.17. The summed E-state index contributed by atoms with van der Waals surface area (Å²) in [5.41, 5.74) is 1.24. The van der Waals surface area contributed by atoms with Crippen LogP contribution in [0.4, 0.5) is 0 Å². The van der Waals surface area contributed by atoms with Crippen LogP contribution in [0.25, 0.3) is 10.1 Å². The highest BCUT2D eigenvalue weighted by Gasteiger charge is 2.20. The molecule has 2 nitrogen and oxygen atoms in total. The average molecular weight is 292 g/mol. The van der Waals surface area contributed by atoms with E-state index in [2.05, 4.69) is 41.9 Å². The first-order valence-electron chi connectivity index (χ1n) is 6.24. The number of furan rings is 1. The number of nitrogens with one attached hydrogen (secondary N) is 1. The van der Waals surface area contributed by atoms with Gasteiger partial charge in [0.15, 0.2) is 5.22 Å². The standard InChI is InChI=1S/C15H14ClNOS/c1-2-17-15(12-7-8-14(16)18-12)11-9-19-13-6-4-3-5-10(11)13/h3-9,15,17H,2H2,1H3. The second-order valence-corrected chi connectivity index (χ2v) is 5.60. The number of hydrogen-bond donors (Lipinski definition) is 1. The Bertz CT molecular complexity index is 688. The molecule has 4 heteroatoms. The quantitative estimate of drug-likeness (QED) is 0.743. The summed E-state index contributed by atoms with van der Waals surface area (Å²) in [6.07, 6.45) is 0. The van der Waals surface area contributed by atoms with Crippen LogP contribution in [-0.2, 0) is 0 Å². The van der Waals surface area contributed by atoms with Crippen LogP contribution in [0.15, 0.2) is 46.2 Å². The van der Waals surface area contributed by atoms with Gasteiger partial charge in [0, 0.05) is 4.70 Å². The van der Waals surface area contributed by atoms with Gasteiger partial charge in [-0.15, -0.1) is 11.3 Å². The fourth-order valence-corrected chi connectivity index (χ4v) is 3.41. The molecule has 1 unspecified atom stereocenters. The second-order valence-electron chi connectivity index (χ2n) is 4.32. The summed E-state index contributed by atoms with van der Waals surface area (Å²) in [4.78, 5) is 0. The SMILES string of the molecule is CCNC(c1ccc(Cl)o1)c1csc2ccccc12. The molecule has 3 rings (SSSR count). The predicted molar refractivity (Wildman–Crippen MR) is 81.1 cm³/mol. The molecule has 98 valence electrons. The van der Waals surface area contributed by atoms with E-state index in [1.165, 1.54) is 15.6 Å². The van der Waals surface area contributed by atoms with Gasteiger partial charge in [-0.1, -0.05) is 25.1 Å². The first kappa shape index (κ1) is 12.7. The molecule has 0 aliphatic heterocycles. The van der Waals surface area contributed by atoms with Gasteiger partial charge >= 0.3 is 0 Å². The van der Waals surface area contributed by atoms with Gasteiger partial charge in [-0.05, 0) is 52.7 Å². The van der Waals surface area contributed by atoms with Gasteiger partial charge < -0.3 is 9.73 Å². The largest absolute Gasteiger partial charge is 0.448 e. The van der Waals surface area contributed by atoms with Crippen molar-refractivity contribution in [3.8, 4) is 0 Å². The maximum atomic E-state index is 5.89. The van der Waals surface area contributed by atoms with Crippen molar-refractivity contribution in [2.24, 2.45) is 0 Å². The van der Waals surface area contributed by atoms with Gasteiger partial charge in [0.2, 0.25) is 0 Å². The van der Waals surface area contributed by atoms with E-state index < -0.39 is 0 Å². The Hall–Kier alpha value is -1.29. The van der Waals surface area contributed by atoms with Crippen molar-refractivity contribution < 1.29 is 4.42 Å². The Morgan fingerprint density at radius 1 is 1.26 bits per heavy atom. The van der Waals surface area contributed by atoms with Crippen LogP contribution >= 0.6 is 22.9 Å². The first-order valence-corrected chi connectivity index (χ1v) is 7.50. The fourth-order valence-electron chi connectivity index (χ4n) is 2.27. The maximum Gasteiger partial charge on any atom is 0.193 e. The zero-order chi connectivity index (χ0) is 13.2. The van der Waals surface area contributed by atoms with E-state index >= 15 is 0 Å². The van der Waals surface area contributed by atoms with Gasteiger partial charge in [0.1, 0.15) is 5.76 Å². The molecule has 2 aromatic heterocycles. The molecule has 1 atom stereocenters. The molecule has 0 bridgehead atoms. The summed E-state index contributed by atoms with van der Waals surface area (Å²) >= 11 is 7.65. The summed E-state index contributed by atoms with van der Waals surface area (Å²) in [5.74, 6) is 0.857. The van der Waals surface area contributed by atoms with E-state index in [1.54, 1.807) is 17.4 Å². The Labute approximate surface area is 121 Å². The molecule has 3 aromatic rings. The predicted octanol–water partition coefficient (Wildman–Crippen LogP) is 4.85. The van der Waals surface area contributed by atoms with Crippen LogP contribution < -0.4 is 5.32 Å². The molecule has 0 aliphatic carbocycles. The molecule has 1 N–H and O–H groups in total. The average Bonchev–Trinajstić information content (AvgIpc) is 3.03. The first-order chi connectivity index (χ1) is 9.29. The number of hydrogen-bond acceptors (Lipinski definition) is 3. The Morgan fingerprint density at radius 2 is 2.11 bits per heavy atom. The third kappa shape index (κ3) is 2.41. The summed E-state index contributed by atoms with van der Waals surface area (Å²) in [5, 5.41) is 7.35. The molecule has 19 heavy (non-hydrogen) atoms. The number of rotatable bonds is 4. The number of benzene rings is 1. The lowest BCUT2D eigenvalue weighted by atomic mass is 10.0. The Kier molecular flexibility index (Phi) is 3.60. The molecule has 0 radical (unpaired) electrons. The van der Waals surface area contributed by atoms with Crippen LogP contribution in [0, 0.1) is 0 Å². The highest BCUT2D eigenvalue weighted by atomic mass is 35.5. The fraction of sp³-hybridized carbons (Fsp3) is 0.200.